The summed E-state index contributed by atoms with van der Waals surface area (Å²) in [6, 6.07) is 22.0. The van der Waals surface area contributed by atoms with Crippen molar-refractivity contribution in [1.82, 2.24) is 24.4 Å². The first-order valence-electron chi connectivity index (χ1n) is 12.9. The number of imidazole rings is 1. The van der Waals surface area contributed by atoms with Gasteiger partial charge in [-0.3, -0.25) is 4.79 Å². The number of methoxy groups -OCH3 is 1. The standard InChI is InChI=1S/C29H29N7O2S/c1-38-23-11-6-5-10-22(23)18-30-26-25-27(36(20-31-25)19-21-8-3-2-4-9-21)33-29(32-26)35-15-13-34(14-16-35)28(37)24-12-7-17-39-24/h2-12,17,20H,13-16,18-19H2,1H3,(H,30,32,33). The minimum atomic E-state index is 0.0844. The summed E-state index contributed by atoms with van der Waals surface area (Å²) >= 11 is 1.48. The number of piperazine rings is 1. The monoisotopic (exact) mass is 539 g/mol. The second kappa shape index (κ2) is 11.1. The van der Waals surface area contributed by atoms with E-state index in [1.165, 1.54) is 16.9 Å². The Bertz CT molecular complexity index is 1560. The largest absolute Gasteiger partial charge is 0.496 e. The van der Waals surface area contributed by atoms with Crippen molar-refractivity contribution in [3.05, 3.63) is 94.4 Å². The molecule has 1 aliphatic heterocycles. The Kier molecular flexibility index (Phi) is 7.09. The van der Waals surface area contributed by atoms with Crippen LogP contribution in [0.25, 0.3) is 11.2 Å². The van der Waals surface area contributed by atoms with Gasteiger partial charge >= 0.3 is 0 Å². The lowest BCUT2D eigenvalue weighted by Gasteiger charge is -2.34. The molecule has 0 spiro atoms. The van der Waals surface area contributed by atoms with Crippen LogP contribution in [0.15, 0.2) is 78.4 Å². The van der Waals surface area contributed by atoms with Crippen molar-refractivity contribution < 1.29 is 9.53 Å². The van der Waals surface area contributed by atoms with Gasteiger partial charge in [-0.2, -0.15) is 9.97 Å². The van der Waals surface area contributed by atoms with E-state index in [1.54, 1.807) is 7.11 Å². The molecule has 5 aromatic rings. The van der Waals surface area contributed by atoms with Gasteiger partial charge in [0, 0.05) is 38.3 Å². The van der Waals surface area contributed by atoms with Gasteiger partial charge in [-0.1, -0.05) is 54.6 Å². The zero-order chi connectivity index (χ0) is 26.6. The summed E-state index contributed by atoms with van der Waals surface area (Å²) in [5.41, 5.74) is 3.68. The Morgan fingerprint density at radius 3 is 2.54 bits per heavy atom. The lowest BCUT2D eigenvalue weighted by molar-refractivity contribution is 0.0751. The molecular weight excluding hydrogens is 510 g/mol. The molecule has 9 nitrogen and oxygen atoms in total. The fourth-order valence-corrected chi connectivity index (χ4v) is 5.48. The number of carbonyl (C=O) groups is 1. The van der Waals surface area contributed by atoms with Crippen molar-refractivity contribution in [2.75, 3.05) is 43.5 Å². The zero-order valence-electron chi connectivity index (χ0n) is 21.7. The minimum Gasteiger partial charge on any atom is -0.496 e. The Morgan fingerprint density at radius 2 is 1.77 bits per heavy atom. The van der Waals surface area contributed by atoms with Gasteiger partial charge < -0.3 is 24.4 Å². The number of carbonyl (C=O) groups excluding carboxylic acids is 1. The predicted molar refractivity (Wildman–Crippen MR) is 154 cm³/mol. The van der Waals surface area contributed by atoms with Gasteiger partial charge in [0.25, 0.3) is 5.91 Å². The summed E-state index contributed by atoms with van der Waals surface area (Å²) in [5.74, 6) is 2.20. The molecule has 1 fully saturated rings. The molecule has 0 atom stereocenters. The third-order valence-corrected chi connectivity index (χ3v) is 7.73. The average molecular weight is 540 g/mol. The molecule has 0 radical (unpaired) electrons. The van der Waals surface area contributed by atoms with E-state index in [-0.39, 0.29) is 5.91 Å². The van der Waals surface area contributed by atoms with Gasteiger partial charge in [-0.25, -0.2) is 4.98 Å². The summed E-state index contributed by atoms with van der Waals surface area (Å²) in [7, 11) is 1.67. The number of aromatic nitrogens is 4. The molecule has 0 bridgehead atoms. The minimum absolute atomic E-state index is 0.0844. The molecular formula is C29H29N7O2S. The van der Waals surface area contributed by atoms with Crippen LogP contribution >= 0.6 is 11.3 Å². The van der Waals surface area contributed by atoms with E-state index in [0.717, 1.165) is 27.4 Å². The highest BCUT2D eigenvalue weighted by Crippen LogP contribution is 2.26. The van der Waals surface area contributed by atoms with Crippen LogP contribution in [0.5, 0.6) is 5.75 Å². The van der Waals surface area contributed by atoms with Crippen molar-refractivity contribution >= 4 is 40.2 Å². The van der Waals surface area contributed by atoms with Gasteiger partial charge in [0.1, 0.15) is 5.75 Å². The molecule has 1 amide bonds. The van der Waals surface area contributed by atoms with Crippen molar-refractivity contribution in [1.29, 1.82) is 0 Å². The van der Waals surface area contributed by atoms with Crippen LogP contribution in [0.1, 0.15) is 20.8 Å². The molecule has 0 aliphatic carbocycles. The van der Waals surface area contributed by atoms with Crippen LogP contribution in [-0.4, -0.2) is 63.6 Å². The number of benzene rings is 2. The van der Waals surface area contributed by atoms with Gasteiger partial charge in [0.2, 0.25) is 5.95 Å². The number of hydrogen-bond acceptors (Lipinski definition) is 8. The first-order chi connectivity index (χ1) is 19.2. The molecule has 1 N–H and O–H groups in total. The molecule has 0 saturated carbocycles. The molecule has 39 heavy (non-hydrogen) atoms. The van der Waals surface area contributed by atoms with Crippen molar-refractivity contribution in [3.63, 3.8) is 0 Å². The van der Waals surface area contributed by atoms with Crippen LogP contribution in [-0.2, 0) is 13.1 Å². The maximum absolute atomic E-state index is 12.8. The molecule has 1 aliphatic rings. The first kappa shape index (κ1) is 24.9. The molecule has 3 aromatic heterocycles. The van der Waals surface area contributed by atoms with Crippen LogP contribution in [0.4, 0.5) is 11.8 Å². The number of nitrogens with zero attached hydrogens (tertiary/aromatic N) is 6. The highest BCUT2D eigenvalue weighted by atomic mass is 32.1. The van der Waals surface area contributed by atoms with Crippen LogP contribution in [0.3, 0.4) is 0 Å². The first-order valence-corrected chi connectivity index (χ1v) is 13.8. The SMILES string of the molecule is COc1ccccc1CNc1nc(N2CCN(C(=O)c3cccs3)CC2)nc2c1ncn2Cc1ccccc1. The maximum Gasteiger partial charge on any atom is 0.264 e. The zero-order valence-corrected chi connectivity index (χ0v) is 22.5. The van der Waals surface area contributed by atoms with Crippen LogP contribution in [0.2, 0.25) is 0 Å². The Morgan fingerprint density at radius 1 is 0.974 bits per heavy atom. The fraction of sp³-hybridized carbons (Fsp3) is 0.241. The molecule has 0 unspecified atom stereocenters. The van der Waals surface area contributed by atoms with Crippen LogP contribution in [0, 0.1) is 0 Å². The Balaban J connectivity index is 1.29. The molecule has 1 saturated heterocycles. The number of fused-ring (bicyclic) bond motifs is 1. The second-order valence-corrected chi connectivity index (χ2v) is 10.3. The fourth-order valence-electron chi connectivity index (χ4n) is 4.79. The number of amides is 1. The number of nitrogens with one attached hydrogen (secondary N) is 1. The predicted octanol–water partition coefficient (Wildman–Crippen LogP) is 4.52. The Labute approximate surface area is 230 Å². The Hall–Kier alpha value is -4.44. The summed E-state index contributed by atoms with van der Waals surface area (Å²) in [5, 5.41) is 5.42. The second-order valence-electron chi connectivity index (χ2n) is 9.32. The van der Waals surface area contributed by atoms with E-state index in [1.807, 2.05) is 71.2 Å². The number of thiophene rings is 1. The third-order valence-electron chi connectivity index (χ3n) is 6.87. The van der Waals surface area contributed by atoms with E-state index in [2.05, 4.69) is 26.9 Å². The van der Waals surface area contributed by atoms with Gasteiger partial charge in [0.05, 0.1) is 24.9 Å². The number of anilines is 2. The highest BCUT2D eigenvalue weighted by Gasteiger charge is 2.25. The molecule has 4 heterocycles. The number of ether oxygens (including phenoxy) is 1. The van der Waals surface area contributed by atoms with Crippen molar-refractivity contribution in [3.8, 4) is 5.75 Å². The van der Waals surface area contributed by atoms with Gasteiger partial charge in [-0.05, 0) is 23.1 Å². The topological polar surface area (TPSA) is 88.4 Å². The van der Waals surface area contributed by atoms with E-state index in [0.29, 0.717) is 51.0 Å². The van der Waals surface area contributed by atoms with Crippen molar-refractivity contribution in [2.45, 2.75) is 13.1 Å². The van der Waals surface area contributed by atoms with E-state index < -0.39 is 0 Å². The lowest BCUT2D eigenvalue weighted by atomic mass is 10.2. The van der Waals surface area contributed by atoms with Gasteiger partial charge in [0.15, 0.2) is 17.0 Å². The van der Waals surface area contributed by atoms with Crippen LogP contribution < -0.4 is 15.0 Å². The number of para-hydroxylation sites is 1. The summed E-state index contributed by atoms with van der Waals surface area (Å²) in [6.45, 7) is 3.73. The normalized spacial score (nSPS) is 13.6. The van der Waals surface area contributed by atoms with E-state index in [4.69, 9.17) is 19.7 Å². The molecule has 198 valence electrons. The van der Waals surface area contributed by atoms with Gasteiger partial charge in [-0.15, -0.1) is 11.3 Å². The molecule has 6 rings (SSSR count). The maximum atomic E-state index is 12.8. The average Bonchev–Trinajstić information content (AvgIpc) is 3.67. The molecule has 10 heteroatoms. The third kappa shape index (κ3) is 5.28. The lowest BCUT2D eigenvalue weighted by Crippen LogP contribution is -2.49. The highest BCUT2D eigenvalue weighted by molar-refractivity contribution is 7.12. The summed E-state index contributed by atoms with van der Waals surface area (Å²) in [4.78, 5) is 32.3. The number of rotatable bonds is 8. The summed E-state index contributed by atoms with van der Waals surface area (Å²) in [6.07, 6.45) is 1.82. The van der Waals surface area contributed by atoms with E-state index >= 15 is 0 Å². The number of hydrogen-bond donors (Lipinski definition) is 1. The van der Waals surface area contributed by atoms with Crippen molar-refractivity contribution in [2.24, 2.45) is 0 Å². The summed E-state index contributed by atoms with van der Waals surface area (Å²) < 4.78 is 7.59. The molecule has 2 aromatic carbocycles. The quantitative estimate of drug-likeness (QED) is 0.310. The van der Waals surface area contributed by atoms with E-state index in [9.17, 15) is 4.79 Å². The smallest absolute Gasteiger partial charge is 0.264 e.